The number of H-pyrrole nitrogens is 1. The summed E-state index contributed by atoms with van der Waals surface area (Å²) < 4.78 is 0. The van der Waals surface area contributed by atoms with Crippen LogP contribution in [0.5, 0.6) is 0 Å². The van der Waals surface area contributed by atoms with Crippen molar-refractivity contribution in [3.63, 3.8) is 0 Å². The second-order valence-electron chi connectivity index (χ2n) is 6.08. The lowest BCUT2D eigenvalue weighted by molar-refractivity contribution is -0.130. The maximum absolute atomic E-state index is 12.2. The molecule has 1 fully saturated rings. The Morgan fingerprint density at radius 2 is 2.17 bits per heavy atom. The summed E-state index contributed by atoms with van der Waals surface area (Å²) in [7, 11) is 0. The Morgan fingerprint density at radius 3 is 2.88 bits per heavy atom. The van der Waals surface area contributed by atoms with Crippen molar-refractivity contribution in [1.82, 2.24) is 14.9 Å². The highest BCUT2D eigenvalue weighted by molar-refractivity contribution is 7.99. The molecule has 1 aromatic carbocycles. The van der Waals surface area contributed by atoms with Crippen LogP contribution in [0, 0.1) is 6.92 Å². The molecule has 1 aliphatic rings. The van der Waals surface area contributed by atoms with E-state index in [1.165, 1.54) is 0 Å². The first-order valence-electron chi connectivity index (χ1n) is 8.16. The van der Waals surface area contributed by atoms with Crippen LogP contribution in [0.1, 0.15) is 24.2 Å². The Bertz CT molecular complexity index is 797. The van der Waals surface area contributed by atoms with Gasteiger partial charge in [0.15, 0.2) is 0 Å². The van der Waals surface area contributed by atoms with Gasteiger partial charge in [0.25, 0.3) is 5.56 Å². The van der Waals surface area contributed by atoms with Gasteiger partial charge in [-0.25, -0.2) is 4.98 Å². The Kier molecular flexibility index (Phi) is 5.20. The molecule has 1 amide bonds. The molecule has 0 spiro atoms. The van der Waals surface area contributed by atoms with Crippen molar-refractivity contribution in [2.75, 3.05) is 19.6 Å². The molecule has 0 unspecified atom stereocenters. The first-order chi connectivity index (χ1) is 11.6. The number of hydrogen-bond donors (Lipinski definition) is 2. The predicted molar refractivity (Wildman–Crippen MR) is 97.1 cm³/mol. The van der Waals surface area contributed by atoms with Crippen LogP contribution in [-0.2, 0) is 10.5 Å². The molecule has 3 N–H and O–H groups in total. The number of piperidine rings is 1. The maximum Gasteiger partial charge on any atom is 0.258 e. The lowest BCUT2D eigenvalue weighted by Gasteiger charge is -2.31. The number of aryl methyl sites for hydroxylation is 1. The van der Waals surface area contributed by atoms with E-state index in [0.29, 0.717) is 22.2 Å². The van der Waals surface area contributed by atoms with Gasteiger partial charge in [0.1, 0.15) is 5.82 Å². The van der Waals surface area contributed by atoms with E-state index in [4.69, 9.17) is 5.73 Å². The van der Waals surface area contributed by atoms with E-state index < -0.39 is 0 Å². The van der Waals surface area contributed by atoms with E-state index >= 15 is 0 Å². The van der Waals surface area contributed by atoms with Crippen LogP contribution in [0.25, 0.3) is 10.9 Å². The summed E-state index contributed by atoms with van der Waals surface area (Å²) in [6, 6.07) is 5.64. The van der Waals surface area contributed by atoms with Crippen LogP contribution in [-0.4, -0.2) is 45.7 Å². The maximum atomic E-state index is 12.2. The van der Waals surface area contributed by atoms with Gasteiger partial charge in [0.2, 0.25) is 5.91 Å². The molecule has 1 saturated heterocycles. The molecule has 6 nitrogen and oxygen atoms in total. The summed E-state index contributed by atoms with van der Waals surface area (Å²) in [6.07, 6.45) is 1.90. The zero-order chi connectivity index (χ0) is 17.1. The predicted octanol–water partition coefficient (Wildman–Crippen LogP) is 1.41. The number of nitrogens with one attached hydrogen (secondary N) is 1. The van der Waals surface area contributed by atoms with Gasteiger partial charge in [-0.15, -0.1) is 0 Å². The highest BCUT2D eigenvalue weighted by Crippen LogP contribution is 2.26. The number of nitrogens with two attached hydrogens (primary N) is 1. The van der Waals surface area contributed by atoms with Crippen molar-refractivity contribution in [1.29, 1.82) is 0 Å². The molecule has 0 atom stereocenters. The molecule has 1 aliphatic heterocycles. The van der Waals surface area contributed by atoms with E-state index in [1.807, 2.05) is 24.0 Å². The Balaban J connectivity index is 1.64. The van der Waals surface area contributed by atoms with E-state index in [0.717, 1.165) is 37.0 Å². The summed E-state index contributed by atoms with van der Waals surface area (Å²) in [5, 5.41) is 1.11. The molecular formula is C17H22N4O2S. The molecule has 128 valence electrons. The monoisotopic (exact) mass is 346 g/mol. The fourth-order valence-corrected chi connectivity index (χ4v) is 4.09. The van der Waals surface area contributed by atoms with Gasteiger partial charge in [-0.05, 0) is 31.4 Å². The number of likely N-dealkylation sites (tertiary alicyclic amines) is 1. The average molecular weight is 346 g/mol. The lowest BCUT2D eigenvalue weighted by atomic mass is 10.1. The summed E-state index contributed by atoms with van der Waals surface area (Å²) in [6.45, 7) is 3.57. The zero-order valence-corrected chi connectivity index (χ0v) is 14.6. The third-order valence-electron chi connectivity index (χ3n) is 4.41. The van der Waals surface area contributed by atoms with Gasteiger partial charge >= 0.3 is 0 Å². The number of thioether (sulfide) groups is 1. The second kappa shape index (κ2) is 7.36. The van der Waals surface area contributed by atoms with Crippen LogP contribution in [0.4, 0.5) is 0 Å². The van der Waals surface area contributed by atoms with Gasteiger partial charge in [-0.1, -0.05) is 12.1 Å². The number of para-hydroxylation sites is 1. The Morgan fingerprint density at radius 1 is 1.42 bits per heavy atom. The summed E-state index contributed by atoms with van der Waals surface area (Å²) >= 11 is 1.79. The summed E-state index contributed by atoms with van der Waals surface area (Å²) in [5.74, 6) is 1.41. The molecular weight excluding hydrogens is 324 g/mol. The minimum atomic E-state index is -0.0809. The normalized spacial score (nSPS) is 15.8. The number of rotatable bonds is 4. The number of aromatic nitrogens is 2. The molecule has 24 heavy (non-hydrogen) atoms. The van der Waals surface area contributed by atoms with E-state index in [1.54, 1.807) is 17.8 Å². The van der Waals surface area contributed by atoms with Gasteiger partial charge in [-0.2, -0.15) is 11.8 Å². The number of benzene rings is 1. The highest BCUT2D eigenvalue weighted by atomic mass is 32.2. The quantitative estimate of drug-likeness (QED) is 0.873. The number of aromatic amines is 1. The summed E-state index contributed by atoms with van der Waals surface area (Å²) in [5.41, 5.74) is 7.12. The SMILES string of the molecule is Cc1cccc2c(=O)[nH]c(CSC3CCN(C(=O)CN)CC3)nc12. The van der Waals surface area contributed by atoms with Gasteiger partial charge in [0, 0.05) is 18.3 Å². The van der Waals surface area contributed by atoms with E-state index in [-0.39, 0.29) is 18.0 Å². The molecule has 0 radical (unpaired) electrons. The van der Waals surface area contributed by atoms with Crippen molar-refractivity contribution < 1.29 is 4.79 Å². The van der Waals surface area contributed by atoms with Crippen molar-refractivity contribution in [3.05, 3.63) is 39.9 Å². The Labute approximate surface area is 144 Å². The molecule has 0 saturated carbocycles. The minimum absolute atomic E-state index is 0.0226. The number of amides is 1. The largest absolute Gasteiger partial charge is 0.342 e. The third kappa shape index (κ3) is 3.62. The van der Waals surface area contributed by atoms with Gasteiger partial charge in [-0.3, -0.25) is 9.59 Å². The smallest absolute Gasteiger partial charge is 0.258 e. The standard InChI is InChI=1S/C17H22N4O2S/c1-11-3-2-4-13-16(11)19-14(20-17(13)23)10-24-12-5-7-21(8-6-12)15(22)9-18/h2-4,12H,5-10,18H2,1H3,(H,19,20,23). The fourth-order valence-electron chi connectivity index (χ4n) is 3.02. The van der Waals surface area contributed by atoms with Crippen molar-refractivity contribution >= 4 is 28.6 Å². The van der Waals surface area contributed by atoms with E-state index in [9.17, 15) is 9.59 Å². The van der Waals surface area contributed by atoms with Gasteiger partial charge in [0.05, 0.1) is 23.2 Å². The summed E-state index contributed by atoms with van der Waals surface area (Å²) in [4.78, 5) is 33.1. The number of carbonyl (C=O) groups is 1. The molecule has 1 aromatic heterocycles. The molecule has 3 rings (SSSR count). The van der Waals surface area contributed by atoms with Crippen LogP contribution in [0.15, 0.2) is 23.0 Å². The molecule has 2 aromatic rings. The lowest BCUT2D eigenvalue weighted by Crippen LogP contribution is -2.42. The number of nitrogens with zero attached hydrogens (tertiary/aromatic N) is 2. The van der Waals surface area contributed by atoms with Crippen molar-refractivity contribution in [2.45, 2.75) is 30.8 Å². The minimum Gasteiger partial charge on any atom is -0.342 e. The number of carbonyl (C=O) groups excluding carboxylic acids is 1. The highest BCUT2D eigenvalue weighted by Gasteiger charge is 2.22. The van der Waals surface area contributed by atoms with Crippen LogP contribution in [0.3, 0.4) is 0 Å². The second-order valence-corrected chi connectivity index (χ2v) is 7.37. The molecule has 7 heteroatoms. The third-order valence-corrected chi connectivity index (χ3v) is 5.79. The van der Waals surface area contributed by atoms with E-state index in [2.05, 4.69) is 9.97 Å². The number of fused-ring (bicyclic) bond motifs is 1. The Hall–Kier alpha value is -1.86. The molecule has 2 heterocycles. The molecule has 0 bridgehead atoms. The van der Waals surface area contributed by atoms with Crippen LogP contribution >= 0.6 is 11.8 Å². The van der Waals surface area contributed by atoms with Crippen molar-refractivity contribution in [3.8, 4) is 0 Å². The average Bonchev–Trinajstić information content (AvgIpc) is 2.60. The first-order valence-corrected chi connectivity index (χ1v) is 9.21. The first kappa shape index (κ1) is 17.0. The van der Waals surface area contributed by atoms with Crippen LogP contribution in [0.2, 0.25) is 0 Å². The van der Waals surface area contributed by atoms with Crippen LogP contribution < -0.4 is 11.3 Å². The topological polar surface area (TPSA) is 92.1 Å². The van der Waals surface area contributed by atoms with Gasteiger partial charge < -0.3 is 15.6 Å². The van der Waals surface area contributed by atoms with Crippen molar-refractivity contribution in [2.24, 2.45) is 5.73 Å². The number of hydrogen-bond acceptors (Lipinski definition) is 5. The zero-order valence-electron chi connectivity index (χ0n) is 13.7. The fraction of sp³-hybridized carbons (Fsp3) is 0.471. The molecule has 0 aliphatic carbocycles.